The van der Waals surface area contributed by atoms with Gasteiger partial charge in [0.15, 0.2) is 0 Å². The maximum Gasteiger partial charge on any atom is 0.141 e. The number of anilines is 3. The van der Waals surface area contributed by atoms with Crippen molar-refractivity contribution < 1.29 is 4.39 Å². The highest BCUT2D eigenvalue weighted by Gasteiger charge is 2.28. The molecule has 1 unspecified atom stereocenters. The van der Waals surface area contributed by atoms with E-state index in [4.69, 9.17) is 9.97 Å². The van der Waals surface area contributed by atoms with Crippen molar-refractivity contribution in [3.63, 3.8) is 0 Å². The topological polar surface area (TPSA) is 57.2 Å². The monoisotopic (exact) mass is 442 g/mol. The Morgan fingerprint density at radius 3 is 2.70 bits per heavy atom. The van der Waals surface area contributed by atoms with Gasteiger partial charge in [-0.1, -0.05) is 18.2 Å². The van der Waals surface area contributed by atoms with Crippen LogP contribution < -0.4 is 10.2 Å². The number of benzene rings is 1. The molecule has 4 aromatic rings. The zero-order valence-electron chi connectivity index (χ0n) is 18.9. The minimum atomic E-state index is -0.352. The number of para-hydroxylation sites is 1. The third-order valence-electron chi connectivity index (χ3n) is 6.07. The van der Waals surface area contributed by atoms with Crippen LogP contribution in [0.25, 0.3) is 10.9 Å². The lowest BCUT2D eigenvalue weighted by atomic mass is 10.1. The van der Waals surface area contributed by atoms with E-state index in [1.807, 2.05) is 32.4 Å². The number of nitrogens with one attached hydrogen (secondary N) is 1. The second kappa shape index (κ2) is 9.11. The molecule has 7 heteroatoms. The lowest BCUT2D eigenvalue weighted by molar-refractivity contribution is 0.244. The molecule has 33 heavy (non-hydrogen) atoms. The predicted octanol–water partition coefficient (Wildman–Crippen LogP) is 5.31. The van der Waals surface area contributed by atoms with E-state index in [-0.39, 0.29) is 11.9 Å². The van der Waals surface area contributed by atoms with Gasteiger partial charge in [-0.25, -0.2) is 14.4 Å². The van der Waals surface area contributed by atoms with Crippen LogP contribution in [0.1, 0.15) is 30.1 Å². The summed E-state index contributed by atoms with van der Waals surface area (Å²) in [5, 5.41) is 4.33. The van der Waals surface area contributed by atoms with Crippen LogP contribution in [-0.2, 0) is 6.54 Å². The van der Waals surface area contributed by atoms with Gasteiger partial charge in [0.2, 0.25) is 0 Å². The maximum atomic E-state index is 13.1. The minimum Gasteiger partial charge on any atom is -0.362 e. The molecule has 1 aliphatic heterocycles. The summed E-state index contributed by atoms with van der Waals surface area (Å²) in [6, 6.07) is 17.9. The van der Waals surface area contributed by atoms with E-state index in [1.165, 1.54) is 17.8 Å². The van der Waals surface area contributed by atoms with Crippen molar-refractivity contribution in [1.29, 1.82) is 0 Å². The van der Waals surface area contributed by atoms with Crippen molar-refractivity contribution in [2.45, 2.75) is 25.4 Å². The predicted molar refractivity (Wildman–Crippen MR) is 130 cm³/mol. The van der Waals surface area contributed by atoms with Gasteiger partial charge in [-0.15, -0.1) is 0 Å². The average Bonchev–Trinajstić information content (AvgIpc) is 3.28. The summed E-state index contributed by atoms with van der Waals surface area (Å²) in [4.78, 5) is 18.3. The summed E-state index contributed by atoms with van der Waals surface area (Å²) >= 11 is 0. The maximum absolute atomic E-state index is 13.1. The zero-order chi connectivity index (χ0) is 22.8. The Bertz CT molecular complexity index is 1240. The van der Waals surface area contributed by atoms with Gasteiger partial charge < -0.3 is 10.2 Å². The molecule has 1 saturated heterocycles. The highest BCUT2D eigenvalue weighted by molar-refractivity contribution is 5.81. The molecule has 1 fully saturated rings. The first-order valence-electron chi connectivity index (χ1n) is 11.2. The van der Waals surface area contributed by atoms with E-state index in [0.29, 0.717) is 5.82 Å². The molecule has 0 amide bonds. The Balaban J connectivity index is 1.35. The van der Waals surface area contributed by atoms with Crippen LogP contribution in [0.2, 0.25) is 0 Å². The first kappa shape index (κ1) is 21.3. The van der Waals surface area contributed by atoms with E-state index < -0.39 is 0 Å². The molecule has 3 aromatic heterocycles. The highest BCUT2D eigenvalue weighted by Crippen LogP contribution is 2.34. The smallest absolute Gasteiger partial charge is 0.141 e. The van der Waals surface area contributed by atoms with Gasteiger partial charge in [-0.2, -0.15) is 0 Å². The van der Waals surface area contributed by atoms with Crippen LogP contribution in [0.5, 0.6) is 0 Å². The molecule has 1 N–H and O–H groups in total. The van der Waals surface area contributed by atoms with Gasteiger partial charge in [0, 0.05) is 31.6 Å². The van der Waals surface area contributed by atoms with Crippen molar-refractivity contribution in [3.8, 4) is 0 Å². The molecule has 5 rings (SSSR count). The van der Waals surface area contributed by atoms with Crippen LogP contribution in [-0.4, -0.2) is 40.5 Å². The average molecular weight is 443 g/mol. The molecule has 1 aromatic carbocycles. The number of rotatable bonds is 6. The third kappa shape index (κ3) is 4.64. The standard InChI is InChI=1S/C26H27FN6/c1-32(2)26-19(14-18-6-3-4-7-22(18)31-26)17-33-13-5-8-24(33)23-11-10-21(16-28-23)30-25-12-9-20(27)15-29-25/h3-4,6-7,9-12,14-16,24H,5,8,13,17H2,1-2H3,(H,29,30). The number of hydrogen-bond donors (Lipinski definition) is 1. The molecule has 6 nitrogen and oxygen atoms in total. The van der Waals surface area contributed by atoms with E-state index in [0.717, 1.165) is 54.0 Å². The fraction of sp³-hybridized carbons (Fsp3) is 0.269. The molecule has 1 aliphatic rings. The molecular weight excluding hydrogens is 415 g/mol. The summed E-state index contributed by atoms with van der Waals surface area (Å²) in [6.45, 7) is 1.86. The van der Waals surface area contributed by atoms with Gasteiger partial charge >= 0.3 is 0 Å². The van der Waals surface area contributed by atoms with Crippen molar-refractivity contribution in [2.75, 3.05) is 30.9 Å². The fourth-order valence-corrected chi connectivity index (χ4v) is 4.50. The molecule has 0 aliphatic carbocycles. The van der Waals surface area contributed by atoms with Crippen LogP contribution in [0.4, 0.5) is 21.7 Å². The van der Waals surface area contributed by atoms with Crippen LogP contribution in [0.15, 0.2) is 67.0 Å². The van der Waals surface area contributed by atoms with Crippen LogP contribution in [0.3, 0.4) is 0 Å². The fourth-order valence-electron chi connectivity index (χ4n) is 4.50. The Kier molecular flexibility index (Phi) is 5.88. The van der Waals surface area contributed by atoms with Gasteiger partial charge in [0.1, 0.15) is 17.5 Å². The molecule has 4 heterocycles. The van der Waals surface area contributed by atoms with E-state index >= 15 is 0 Å². The largest absolute Gasteiger partial charge is 0.362 e. The Labute approximate surface area is 193 Å². The highest BCUT2D eigenvalue weighted by atomic mass is 19.1. The number of nitrogens with zero attached hydrogens (tertiary/aromatic N) is 5. The minimum absolute atomic E-state index is 0.268. The number of halogens is 1. The van der Waals surface area contributed by atoms with Crippen molar-refractivity contribution in [1.82, 2.24) is 19.9 Å². The number of fused-ring (bicyclic) bond motifs is 1. The van der Waals surface area contributed by atoms with Gasteiger partial charge in [0.25, 0.3) is 0 Å². The summed E-state index contributed by atoms with van der Waals surface area (Å²) in [6.07, 6.45) is 5.24. The van der Waals surface area contributed by atoms with Crippen molar-refractivity contribution >= 4 is 28.2 Å². The first-order valence-corrected chi connectivity index (χ1v) is 11.2. The Morgan fingerprint density at radius 1 is 1.06 bits per heavy atom. The normalized spacial score (nSPS) is 16.3. The molecule has 168 valence electrons. The van der Waals surface area contributed by atoms with Gasteiger partial charge in [0.05, 0.1) is 35.3 Å². The van der Waals surface area contributed by atoms with Gasteiger partial charge in [-0.05, 0) is 55.8 Å². The summed E-state index contributed by atoms with van der Waals surface area (Å²) in [5.41, 5.74) is 4.14. The molecule has 0 bridgehead atoms. The second-order valence-electron chi connectivity index (χ2n) is 8.65. The SMILES string of the molecule is CN(C)c1nc2ccccc2cc1CN1CCCC1c1ccc(Nc2ccc(F)cn2)cn1. The molecular formula is C26H27FN6. The van der Waals surface area contributed by atoms with Crippen molar-refractivity contribution in [2.24, 2.45) is 0 Å². The molecule has 0 radical (unpaired) electrons. The number of hydrogen-bond acceptors (Lipinski definition) is 6. The quantitative estimate of drug-likeness (QED) is 0.437. The molecule has 0 saturated carbocycles. The van der Waals surface area contributed by atoms with E-state index in [2.05, 4.69) is 50.4 Å². The summed E-state index contributed by atoms with van der Waals surface area (Å²) in [5.74, 6) is 1.25. The van der Waals surface area contributed by atoms with Crippen LogP contribution in [0, 0.1) is 5.82 Å². The number of aromatic nitrogens is 3. The molecule has 1 atom stereocenters. The second-order valence-corrected chi connectivity index (χ2v) is 8.65. The first-order chi connectivity index (χ1) is 16.1. The van der Waals surface area contributed by atoms with Crippen molar-refractivity contribution in [3.05, 3.63) is 84.1 Å². The van der Waals surface area contributed by atoms with Gasteiger partial charge in [-0.3, -0.25) is 9.88 Å². The Hall–Kier alpha value is -3.58. The third-order valence-corrected chi connectivity index (χ3v) is 6.07. The lowest BCUT2D eigenvalue weighted by Gasteiger charge is -2.26. The number of pyridine rings is 3. The molecule has 0 spiro atoms. The number of likely N-dealkylation sites (tertiary alicyclic amines) is 1. The zero-order valence-corrected chi connectivity index (χ0v) is 18.9. The van der Waals surface area contributed by atoms with E-state index in [1.54, 1.807) is 6.07 Å². The van der Waals surface area contributed by atoms with Crippen LogP contribution >= 0.6 is 0 Å². The summed E-state index contributed by atoms with van der Waals surface area (Å²) in [7, 11) is 4.09. The van der Waals surface area contributed by atoms with E-state index in [9.17, 15) is 4.39 Å². The Morgan fingerprint density at radius 2 is 1.94 bits per heavy atom. The lowest BCUT2D eigenvalue weighted by Crippen LogP contribution is -2.25. The summed E-state index contributed by atoms with van der Waals surface area (Å²) < 4.78 is 13.1.